The molecule has 0 spiro atoms. The van der Waals surface area contributed by atoms with Crippen molar-refractivity contribution in [1.82, 2.24) is 10.6 Å². The molecule has 0 radical (unpaired) electrons. The average molecular weight is 746 g/mol. The number of carbonyl (C=O) groups is 2. The number of hydrogen-bond donors (Lipinski definition) is 4. The van der Waals surface area contributed by atoms with Gasteiger partial charge in [-0.2, -0.15) is 0 Å². The number of ether oxygens (including phenoxy) is 2. The summed E-state index contributed by atoms with van der Waals surface area (Å²) in [7, 11) is 0. The predicted octanol–water partition coefficient (Wildman–Crippen LogP) is 9.16. The van der Waals surface area contributed by atoms with E-state index in [1.165, 1.54) is 26.2 Å². The fraction of sp³-hybridized carbons (Fsp3) is 0.422. The summed E-state index contributed by atoms with van der Waals surface area (Å²) in [5, 5.41) is 19.0. The van der Waals surface area contributed by atoms with E-state index in [0.29, 0.717) is 6.54 Å². The summed E-state index contributed by atoms with van der Waals surface area (Å²) < 4.78 is 13.4. The van der Waals surface area contributed by atoms with Gasteiger partial charge in [0.1, 0.15) is 0 Å². The van der Waals surface area contributed by atoms with E-state index in [0.717, 1.165) is 86.7 Å². The van der Waals surface area contributed by atoms with Crippen LogP contribution in [-0.4, -0.2) is 34.4 Å². The normalized spacial score (nSPS) is 28.4. The van der Waals surface area contributed by atoms with E-state index in [2.05, 4.69) is 65.3 Å². The lowest BCUT2D eigenvalue weighted by molar-refractivity contribution is -0.268. The minimum absolute atomic E-state index is 0.00246. The fourth-order valence-corrected chi connectivity index (χ4v) is 10.8. The topological polar surface area (TPSA) is 109 Å². The monoisotopic (exact) mass is 745 g/mol. The number of urea groups is 1. The summed E-state index contributed by atoms with van der Waals surface area (Å²) in [4.78, 5) is 25.7. The van der Waals surface area contributed by atoms with E-state index in [-0.39, 0.29) is 42.2 Å². The van der Waals surface area contributed by atoms with Crippen molar-refractivity contribution in [3.63, 3.8) is 0 Å². The Kier molecular flexibility index (Phi) is 10.8. The van der Waals surface area contributed by atoms with Gasteiger partial charge in [-0.1, -0.05) is 73.7 Å². The Morgan fingerprint density at radius 1 is 0.796 bits per heavy atom. The lowest BCUT2D eigenvalue weighted by atomic mass is 9.53. The first-order chi connectivity index (χ1) is 26.2. The quantitative estimate of drug-likeness (QED) is 0.114. The van der Waals surface area contributed by atoms with Crippen LogP contribution in [0, 0.1) is 23.7 Å². The zero-order valence-corrected chi connectivity index (χ0v) is 31.9. The van der Waals surface area contributed by atoms with Crippen LogP contribution < -0.4 is 16.0 Å². The molecule has 9 heteroatoms. The highest BCUT2D eigenvalue weighted by atomic mass is 32.2. The van der Waals surface area contributed by atoms with Crippen molar-refractivity contribution in [1.29, 1.82) is 0 Å². The Balaban J connectivity index is 0.930. The summed E-state index contributed by atoms with van der Waals surface area (Å²) in [6.45, 7) is 4.15. The molecule has 8 nitrogen and oxygen atoms in total. The van der Waals surface area contributed by atoms with E-state index in [1.54, 1.807) is 11.8 Å². The minimum atomic E-state index is -0.562. The molecule has 4 aromatic carbocycles. The maximum atomic E-state index is 13.1. The van der Waals surface area contributed by atoms with Crippen LogP contribution in [0.4, 0.5) is 10.5 Å². The molecule has 4 saturated carbocycles. The van der Waals surface area contributed by atoms with E-state index in [1.807, 2.05) is 54.6 Å². The van der Waals surface area contributed by atoms with E-state index in [9.17, 15) is 14.7 Å². The molecule has 5 fully saturated rings. The third-order valence-corrected chi connectivity index (χ3v) is 13.1. The highest BCUT2D eigenvalue weighted by Crippen LogP contribution is 2.55. The van der Waals surface area contributed by atoms with Crippen LogP contribution in [0.15, 0.2) is 102 Å². The SMILES string of the molecule is CC(=O)Nc1ccc(SCC2OC(c3ccc(-c4cccc(CNC(=O)NC56CC7CC(CC(C7)C5)C6)c4)cc3)OC(c3ccc(CO)cc3)C2C)cc1. The Hall–Kier alpha value is -4.15. The molecular formula is C45H51N3O5S. The van der Waals surface area contributed by atoms with Crippen LogP contribution in [0.1, 0.15) is 87.0 Å². The van der Waals surface area contributed by atoms with Gasteiger partial charge in [0.2, 0.25) is 5.91 Å². The van der Waals surface area contributed by atoms with Crippen molar-refractivity contribution in [3.8, 4) is 11.1 Å². The lowest BCUT2D eigenvalue weighted by Gasteiger charge is -2.56. The van der Waals surface area contributed by atoms with Crippen LogP contribution in [0.3, 0.4) is 0 Å². The number of hydrogen-bond acceptors (Lipinski definition) is 6. The number of nitrogens with one attached hydrogen (secondary N) is 3. The molecule has 4 unspecified atom stereocenters. The molecule has 0 aromatic heterocycles. The molecule has 1 aliphatic heterocycles. The van der Waals surface area contributed by atoms with Gasteiger partial charge < -0.3 is 30.5 Å². The third-order valence-electron chi connectivity index (χ3n) is 12.0. The smallest absolute Gasteiger partial charge is 0.315 e. The number of thioether (sulfide) groups is 1. The van der Waals surface area contributed by atoms with Gasteiger partial charge in [-0.15, -0.1) is 11.8 Å². The van der Waals surface area contributed by atoms with Crippen LogP contribution in [0.5, 0.6) is 0 Å². The molecular weight excluding hydrogens is 695 g/mol. The molecule has 5 aliphatic rings. The summed E-state index contributed by atoms with van der Waals surface area (Å²) >= 11 is 1.72. The number of benzene rings is 4. The third kappa shape index (κ3) is 8.40. The molecule has 4 atom stereocenters. The van der Waals surface area contributed by atoms with Crippen molar-refractivity contribution in [2.24, 2.45) is 23.7 Å². The largest absolute Gasteiger partial charge is 0.392 e. The van der Waals surface area contributed by atoms with E-state index < -0.39 is 6.29 Å². The van der Waals surface area contributed by atoms with Gasteiger partial charge in [-0.25, -0.2) is 4.79 Å². The summed E-state index contributed by atoms with van der Waals surface area (Å²) in [6.07, 6.45) is 6.63. The molecule has 4 N–H and O–H groups in total. The van der Waals surface area contributed by atoms with Gasteiger partial charge in [-0.3, -0.25) is 4.79 Å². The van der Waals surface area contributed by atoms with Crippen molar-refractivity contribution in [2.45, 2.75) is 94.5 Å². The van der Waals surface area contributed by atoms with Gasteiger partial charge >= 0.3 is 6.03 Å². The number of amides is 3. The number of aliphatic hydroxyl groups is 1. The van der Waals surface area contributed by atoms with Crippen LogP contribution in [-0.2, 0) is 27.4 Å². The van der Waals surface area contributed by atoms with E-state index in [4.69, 9.17) is 9.47 Å². The zero-order chi connectivity index (χ0) is 37.2. The van der Waals surface area contributed by atoms with Crippen molar-refractivity contribution in [3.05, 3.63) is 119 Å². The Labute approximate surface area is 322 Å². The van der Waals surface area contributed by atoms with Crippen LogP contribution in [0.25, 0.3) is 11.1 Å². The Bertz CT molecular complexity index is 1900. The van der Waals surface area contributed by atoms with Gasteiger partial charge in [0, 0.05) is 46.8 Å². The summed E-state index contributed by atoms with van der Waals surface area (Å²) in [5.41, 5.74) is 6.85. The molecule has 1 heterocycles. The minimum Gasteiger partial charge on any atom is -0.392 e. The standard InChI is InChI=1S/C45H51N3O5S/c1-28-41(27-54-40-16-14-39(15-17-40)47-29(2)50)52-43(53-42(28)36-8-6-30(26-49)7-9-36)37-12-10-35(11-13-37)38-5-3-4-31(21-38)25-46-44(51)48-45-22-32-18-33(23-45)20-34(19-32)24-45/h3-17,21,28,32-34,41-43,49H,18-20,22-27H2,1-2H3,(H,47,50)(H2,46,48,51). The second kappa shape index (κ2) is 15.9. The van der Waals surface area contributed by atoms with E-state index >= 15 is 0 Å². The summed E-state index contributed by atoms with van der Waals surface area (Å²) in [6, 6.07) is 32.5. The van der Waals surface area contributed by atoms with Crippen molar-refractivity contribution >= 4 is 29.4 Å². The first kappa shape index (κ1) is 36.8. The molecule has 54 heavy (non-hydrogen) atoms. The molecule has 4 aromatic rings. The number of carbonyl (C=O) groups excluding carboxylic acids is 2. The first-order valence-electron chi connectivity index (χ1n) is 19.5. The number of rotatable bonds is 11. The van der Waals surface area contributed by atoms with Crippen LogP contribution >= 0.6 is 11.8 Å². The van der Waals surface area contributed by atoms with Crippen molar-refractivity contribution < 1.29 is 24.2 Å². The Morgan fingerprint density at radius 2 is 1.46 bits per heavy atom. The van der Waals surface area contributed by atoms with Gasteiger partial charge in [-0.05, 0) is 114 Å². The van der Waals surface area contributed by atoms with Crippen molar-refractivity contribution in [2.75, 3.05) is 11.1 Å². The molecule has 9 rings (SSSR count). The van der Waals surface area contributed by atoms with Gasteiger partial charge in [0.05, 0.1) is 18.8 Å². The van der Waals surface area contributed by atoms with Gasteiger partial charge in [0.25, 0.3) is 0 Å². The lowest BCUT2D eigenvalue weighted by Crippen LogP contribution is -2.61. The maximum Gasteiger partial charge on any atom is 0.315 e. The van der Waals surface area contributed by atoms with Crippen LogP contribution in [0.2, 0.25) is 0 Å². The average Bonchev–Trinajstić information content (AvgIpc) is 3.16. The Morgan fingerprint density at radius 3 is 2.11 bits per heavy atom. The number of anilines is 1. The summed E-state index contributed by atoms with van der Waals surface area (Å²) in [5.74, 6) is 3.07. The molecule has 3 amide bonds. The zero-order valence-electron chi connectivity index (χ0n) is 31.1. The molecule has 1 saturated heterocycles. The highest BCUT2D eigenvalue weighted by Gasteiger charge is 2.51. The first-order valence-corrected chi connectivity index (χ1v) is 20.5. The van der Waals surface area contributed by atoms with Gasteiger partial charge in [0.15, 0.2) is 6.29 Å². The highest BCUT2D eigenvalue weighted by molar-refractivity contribution is 7.99. The number of aliphatic hydroxyl groups excluding tert-OH is 1. The molecule has 4 bridgehead atoms. The molecule has 4 aliphatic carbocycles. The second-order valence-electron chi connectivity index (χ2n) is 16.2. The predicted molar refractivity (Wildman–Crippen MR) is 213 cm³/mol. The fourth-order valence-electron chi connectivity index (χ4n) is 9.75. The molecule has 282 valence electrons. The second-order valence-corrected chi connectivity index (χ2v) is 17.3. The maximum absolute atomic E-state index is 13.1.